The van der Waals surface area contributed by atoms with Gasteiger partial charge in [0.15, 0.2) is 0 Å². The summed E-state index contributed by atoms with van der Waals surface area (Å²) in [4.78, 5) is 0. The third kappa shape index (κ3) is 1.73. The molecular weight excluding hydrogens is 186 g/mol. The van der Waals surface area contributed by atoms with E-state index in [0.29, 0.717) is 0 Å². The van der Waals surface area contributed by atoms with Crippen LogP contribution in [0.4, 0.5) is 8.78 Å². The highest BCUT2D eigenvalue weighted by Crippen LogP contribution is 2.32. The van der Waals surface area contributed by atoms with E-state index in [-0.39, 0.29) is 10.6 Å². The van der Waals surface area contributed by atoms with Crippen LogP contribution < -0.4 is 0 Å². The van der Waals surface area contributed by atoms with Crippen molar-refractivity contribution < 1.29 is 13.9 Å². The van der Waals surface area contributed by atoms with Gasteiger partial charge in [-0.1, -0.05) is 29.8 Å². The highest BCUT2D eigenvalue weighted by molar-refractivity contribution is 6.31. The Bertz CT molecular complexity index is 276. The van der Waals surface area contributed by atoms with Crippen molar-refractivity contribution in [2.75, 3.05) is 6.61 Å². The summed E-state index contributed by atoms with van der Waals surface area (Å²) in [7, 11) is 0. The van der Waals surface area contributed by atoms with Gasteiger partial charge in [0, 0.05) is 10.6 Å². The molecule has 0 saturated carbocycles. The third-order valence-electron chi connectivity index (χ3n) is 1.47. The SMILES string of the molecule is OCC(F)(F)c1ccccc1Cl. The number of hydrogen-bond acceptors (Lipinski definition) is 1. The van der Waals surface area contributed by atoms with E-state index in [2.05, 4.69) is 0 Å². The van der Waals surface area contributed by atoms with Gasteiger partial charge in [0.25, 0.3) is 5.92 Å². The third-order valence-corrected chi connectivity index (χ3v) is 1.80. The molecule has 0 aromatic heterocycles. The van der Waals surface area contributed by atoms with Crippen LogP contribution in [0.3, 0.4) is 0 Å². The van der Waals surface area contributed by atoms with Crippen molar-refractivity contribution in [3.05, 3.63) is 34.9 Å². The van der Waals surface area contributed by atoms with E-state index < -0.39 is 12.5 Å². The minimum atomic E-state index is -3.25. The fourth-order valence-electron chi connectivity index (χ4n) is 0.843. The zero-order chi connectivity index (χ0) is 9.19. The first-order valence-electron chi connectivity index (χ1n) is 3.31. The van der Waals surface area contributed by atoms with Crippen molar-refractivity contribution in [2.24, 2.45) is 0 Å². The van der Waals surface area contributed by atoms with E-state index in [1.807, 2.05) is 0 Å². The standard InChI is InChI=1S/C8H7ClF2O/c9-7-4-2-1-3-6(7)8(10,11)5-12/h1-4,12H,5H2. The number of hydrogen-bond donors (Lipinski definition) is 1. The van der Waals surface area contributed by atoms with E-state index in [4.69, 9.17) is 16.7 Å². The smallest absolute Gasteiger partial charge is 0.297 e. The highest BCUT2D eigenvalue weighted by atomic mass is 35.5. The first-order valence-corrected chi connectivity index (χ1v) is 3.69. The molecule has 0 bridgehead atoms. The molecule has 0 aliphatic heterocycles. The van der Waals surface area contributed by atoms with Crippen LogP contribution in [-0.2, 0) is 5.92 Å². The number of halogens is 3. The van der Waals surface area contributed by atoms with E-state index in [9.17, 15) is 8.78 Å². The van der Waals surface area contributed by atoms with Crippen molar-refractivity contribution >= 4 is 11.6 Å². The summed E-state index contributed by atoms with van der Waals surface area (Å²) in [5, 5.41) is 8.33. The zero-order valence-electron chi connectivity index (χ0n) is 6.10. The number of aliphatic hydroxyl groups excluding tert-OH is 1. The van der Waals surface area contributed by atoms with Crippen molar-refractivity contribution in [3.63, 3.8) is 0 Å². The molecular formula is C8H7ClF2O. The molecule has 0 aliphatic rings. The number of aliphatic hydroxyl groups is 1. The van der Waals surface area contributed by atoms with Crippen LogP contribution in [0.5, 0.6) is 0 Å². The lowest BCUT2D eigenvalue weighted by atomic mass is 10.1. The van der Waals surface area contributed by atoms with Gasteiger partial charge in [-0.3, -0.25) is 0 Å². The Labute approximate surface area is 73.6 Å². The topological polar surface area (TPSA) is 20.2 Å². The molecule has 1 nitrogen and oxygen atoms in total. The van der Waals surface area contributed by atoms with Gasteiger partial charge >= 0.3 is 0 Å². The molecule has 0 fully saturated rings. The molecule has 66 valence electrons. The molecule has 0 amide bonds. The summed E-state index contributed by atoms with van der Waals surface area (Å²) in [6.07, 6.45) is 0. The molecule has 4 heteroatoms. The minimum Gasteiger partial charge on any atom is -0.390 e. The molecule has 1 rings (SSSR count). The first kappa shape index (κ1) is 9.42. The Morgan fingerprint density at radius 3 is 2.42 bits per heavy atom. The predicted octanol–water partition coefficient (Wildman–Crippen LogP) is 2.42. The first-order chi connectivity index (χ1) is 5.58. The van der Waals surface area contributed by atoms with Crippen molar-refractivity contribution in [2.45, 2.75) is 5.92 Å². The summed E-state index contributed by atoms with van der Waals surface area (Å²) in [5.41, 5.74) is -0.339. The molecule has 0 atom stereocenters. The molecule has 0 heterocycles. The van der Waals surface area contributed by atoms with Gasteiger partial charge in [0.05, 0.1) is 0 Å². The molecule has 12 heavy (non-hydrogen) atoms. The molecule has 1 aromatic rings. The average Bonchev–Trinajstić information content (AvgIpc) is 2.05. The normalized spacial score (nSPS) is 11.7. The predicted molar refractivity (Wildman–Crippen MR) is 42.4 cm³/mol. The highest BCUT2D eigenvalue weighted by Gasteiger charge is 2.32. The lowest BCUT2D eigenvalue weighted by Crippen LogP contribution is -2.18. The summed E-state index contributed by atoms with van der Waals surface area (Å²) >= 11 is 5.50. The monoisotopic (exact) mass is 192 g/mol. The van der Waals surface area contributed by atoms with Crippen LogP contribution >= 0.6 is 11.6 Å². The van der Waals surface area contributed by atoms with Gasteiger partial charge in [-0.25, -0.2) is 0 Å². The number of rotatable bonds is 2. The van der Waals surface area contributed by atoms with Gasteiger partial charge in [-0.2, -0.15) is 8.78 Å². The van der Waals surface area contributed by atoms with Gasteiger partial charge in [-0.15, -0.1) is 0 Å². The maximum Gasteiger partial charge on any atom is 0.297 e. The second-order valence-electron chi connectivity index (χ2n) is 2.34. The lowest BCUT2D eigenvalue weighted by molar-refractivity contribution is -0.0555. The minimum absolute atomic E-state index is 0.0310. The Morgan fingerprint density at radius 2 is 1.92 bits per heavy atom. The zero-order valence-corrected chi connectivity index (χ0v) is 6.85. The van der Waals surface area contributed by atoms with E-state index in [1.165, 1.54) is 18.2 Å². The molecule has 0 aliphatic carbocycles. The Kier molecular flexibility index (Phi) is 2.65. The molecule has 0 saturated heterocycles. The summed E-state index contributed by atoms with van der Waals surface area (Å²) in [6, 6.07) is 5.56. The second kappa shape index (κ2) is 3.37. The molecule has 0 spiro atoms. The van der Waals surface area contributed by atoms with Gasteiger partial charge < -0.3 is 5.11 Å². The number of benzene rings is 1. The summed E-state index contributed by atoms with van der Waals surface area (Å²) < 4.78 is 25.6. The second-order valence-corrected chi connectivity index (χ2v) is 2.75. The van der Waals surface area contributed by atoms with Crippen molar-refractivity contribution in [3.8, 4) is 0 Å². The Balaban J connectivity index is 3.10. The van der Waals surface area contributed by atoms with Crippen LogP contribution in [0, 0.1) is 0 Å². The van der Waals surface area contributed by atoms with Crippen LogP contribution in [0.2, 0.25) is 5.02 Å². The summed E-state index contributed by atoms with van der Waals surface area (Å²) in [5.74, 6) is -3.25. The van der Waals surface area contributed by atoms with E-state index in [1.54, 1.807) is 6.07 Å². The number of alkyl halides is 2. The van der Waals surface area contributed by atoms with Crippen molar-refractivity contribution in [1.29, 1.82) is 0 Å². The fraction of sp³-hybridized carbons (Fsp3) is 0.250. The van der Waals surface area contributed by atoms with Crippen LogP contribution in [0.1, 0.15) is 5.56 Å². The van der Waals surface area contributed by atoms with Gasteiger partial charge in [0.1, 0.15) is 6.61 Å². The Hall–Kier alpha value is -0.670. The van der Waals surface area contributed by atoms with Crippen LogP contribution in [0.15, 0.2) is 24.3 Å². The fourth-order valence-corrected chi connectivity index (χ4v) is 1.12. The summed E-state index contributed by atoms with van der Waals surface area (Å²) in [6.45, 7) is -1.23. The molecule has 1 N–H and O–H groups in total. The van der Waals surface area contributed by atoms with E-state index >= 15 is 0 Å². The Morgan fingerprint density at radius 1 is 1.33 bits per heavy atom. The largest absolute Gasteiger partial charge is 0.390 e. The maximum absolute atomic E-state index is 12.8. The van der Waals surface area contributed by atoms with Gasteiger partial charge in [0.2, 0.25) is 0 Å². The van der Waals surface area contributed by atoms with Crippen molar-refractivity contribution in [1.82, 2.24) is 0 Å². The quantitative estimate of drug-likeness (QED) is 0.763. The molecule has 1 aromatic carbocycles. The van der Waals surface area contributed by atoms with Crippen LogP contribution in [0.25, 0.3) is 0 Å². The van der Waals surface area contributed by atoms with Crippen LogP contribution in [-0.4, -0.2) is 11.7 Å². The molecule has 0 unspecified atom stereocenters. The lowest BCUT2D eigenvalue weighted by Gasteiger charge is -2.14. The average molecular weight is 193 g/mol. The van der Waals surface area contributed by atoms with E-state index in [0.717, 1.165) is 0 Å². The maximum atomic E-state index is 12.8. The van der Waals surface area contributed by atoms with Gasteiger partial charge in [-0.05, 0) is 6.07 Å². The molecule has 0 radical (unpaired) electrons.